The van der Waals surface area contributed by atoms with Crippen molar-refractivity contribution in [2.75, 3.05) is 12.3 Å². The molecule has 0 bridgehead atoms. The number of benzene rings is 1. The Hall–Kier alpha value is -0.340. The third-order valence-electron chi connectivity index (χ3n) is 1.28. The van der Waals surface area contributed by atoms with Crippen molar-refractivity contribution in [3.8, 4) is 5.75 Å². The molecule has 0 atom stereocenters. The van der Waals surface area contributed by atoms with Crippen LogP contribution in [0.25, 0.3) is 0 Å². The van der Waals surface area contributed by atoms with Crippen molar-refractivity contribution < 1.29 is 4.74 Å². The summed E-state index contributed by atoms with van der Waals surface area (Å²) in [5, 5.41) is 0.590. The number of hydrogen-bond acceptors (Lipinski definition) is 2. The first kappa shape index (κ1) is 8.75. The molecular weight excluding hydrogens is 180 g/mol. The van der Waals surface area contributed by atoms with Crippen LogP contribution in [0, 0.1) is 0 Å². The van der Waals surface area contributed by atoms with Gasteiger partial charge in [0.2, 0.25) is 0 Å². The molecule has 0 unspecified atom stereocenters. The van der Waals surface area contributed by atoms with Gasteiger partial charge in [0, 0.05) is 4.90 Å². The van der Waals surface area contributed by atoms with Crippen molar-refractivity contribution in [3.63, 3.8) is 0 Å². The predicted octanol–water partition coefficient (Wildman–Crippen LogP) is 2.98. The molecular formula is C8H9ClOS. The van der Waals surface area contributed by atoms with E-state index in [1.807, 2.05) is 24.3 Å². The van der Waals surface area contributed by atoms with Gasteiger partial charge in [0.15, 0.2) is 0 Å². The number of halogens is 1. The van der Waals surface area contributed by atoms with E-state index in [9.17, 15) is 0 Å². The molecule has 0 spiro atoms. The van der Waals surface area contributed by atoms with Gasteiger partial charge in [-0.25, -0.2) is 0 Å². The molecule has 1 aromatic carbocycles. The van der Waals surface area contributed by atoms with E-state index in [2.05, 4.69) is 0 Å². The molecule has 1 nitrogen and oxygen atoms in total. The molecule has 0 N–H and O–H groups in total. The number of methoxy groups -OCH3 is 1. The Morgan fingerprint density at radius 2 is 2.00 bits per heavy atom. The van der Waals surface area contributed by atoms with Crippen molar-refractivity contribution in [1.29, 1.82) is 0 Å². The quantitative estimate of drug-likeness (QED) is 0.533. The molecule has 0 heterocycles. The summed E-state index contributed by atoms with van der Waals surface area (Å²) in [6, 6.07) is 7.83. The minimum atomic E-state index is 0.590. The minimum Gasteiger partial charge on any atom is -0.497 e. The van der Waals surface area contributed by atoms with Gasteiger partial charge in [0.05, 0.1) is 12.3 Å². The maximum Gasteiger partial charge on any atom is 0.118 e. The maximum absolute atomic E-state index is 5.54. The minimum absolute atomic E-state index is 0.590. The highest BCUT2D eigenvalue weighted by Crippen LogP contribution is 2.21. The third-order valence-corrected chi connectivity index (χ3v) is 2.32. The van der Waals surface area contributed by atoms with Gasteiger partial charge in [0.25, 0.3) is 0 Å². The number of thioether (sulfide) groups is 1. The van der Waals surface area contributed by atoms with Gasteiger partial charge in [-0.2, -0.15) is 0 Å². The highest BCUT2D eigenvalue weighted by Gasteiger charge is 1.92. The monoisotopic (exact) mass is 188 g/mol. The molecule has 0 saturated carbocycles. The number of alkyl halides is 1. The second-order valence-electron chi connectivity index (χ2n) is 1.93. The van der Waals surface area contributed by atoms with Gasteiger partial charge >= 0.3 is 0 Å². The molecule has 0 aliphatic carbocycles. The highest BCUT2D eigenvalue weighted by atomic mass is 35.5. The van der Waals surface area contributed by atoms with Gasteiger partial charge in [-0.05, 0) is 24.3 Å². The summed E-state index contributed by atoms with van der Waals surface area (Å²) in [6.07, 6.45) is 0. The molecule has 0 aromatic heterocycles. The largest absolute Gasteiger partial charge is 0.497 e. The molecule has 0 radical (unpaired) electrons. The third kappa shape index (κ3) is 2.64. The summed E-state index contributed by atoms with van der Waals surface area (Å²) in [6.45, 7) is 0. The Bertz CT molecular complexity index is 210. The van der Waals surface area contributed by atoms with Crippen LogP contribution in [0.5, 0.6) is 5.75 Å². The molecule has 0 aliphatic heterocycles. The Morgan fingerprint density at radius 3 is 2.45 bits per heavy atom. The predicted molar refractivity (Wildman–Crippen MR) is 49.6 cm³/mol. The maximum atomic E-state index is 5.54. The van der Waals surface area contributed by atoms with E-state index >= 15 is 0 Å². The molecule has 1 rings (SSSR count). The Balaban J connectivity index is 2.66. The standard InChI is InChI=1S/C8H9ClOS/c1-10-7-2-4-8(5-3-7)11-6-9/h2-5H,6H2,1H3. The van der Waals surface area contributed by atoms with Gasteiger partial charge < -0.3 is 4.74 Å². The highest BCUT2D eigenvalue weighted by molar-refractivity contribution is 8.00. The van der Waals surface area contributed by atoms with Crippen LogP contribution < -0.4 is 4.74 Å². The van der Waals surface area contributed by atoms with Crippen molar-refractivity contribution in [3.05, 3.63) is 24.3 Å². The topological polar surface area (TPSA) is 9.23 Å². The first-order valence-electron chi connectivity index (χ1n) is 3.19. The number of hydrogen-bond donors (Lipinski definition) is 0. The molecule has 0 amide bonds. The van der Waals surface area contributed by atoms with E-state index in [1.165, 1.54) is 4.90 Å². The fourth-order valence-corrected chi connectivity index (χ4v) is 1.57. The zero-order valence-corrected chi connectivity index (χ0v) is 7.78. The van der Waals surface area contributed by atoms with E-state index in [4.69, 9.17) is 16.3 Å². The summed E-state index contributed by atoms with van der Waals surface area (Å²) in [7, 11) is 1.66. The number of rotatable bonds is 3. The molecule has 0 saturated heterocycles. The Labute approximate surface area is 75.7 Å². The van der Waals surface area contributed by atoms with E-state index in [0.717, 1.165) is 5.75 Å². The van der Waals surface area contributed by atoms with Crippen LogP contribution in [0.1, 0.15) is 0 Å². The summed E-state index contributed by atoms with van der Waals surface area (Å²) in [5.74, 6) is 0.879. The Kier molecular flexibility index (Phi) is 3.60. The molecule has 1 aromatic rings. The van der Waals surface area contributed by atoms with Crippen molar-refractivity contribution in [2.24, 2.45) is 0 Å². The van der Waals surface area contributed by atoms with Gasteiger partial charge in [-0.15, -0.1) is 23.4 Å². The van der Waals surface area contributed by atoms with E-state index in [0.29, 0.717) is 5.21 Å². The van der Waals surface area contributed by atoms with Crippen LogP contribution in [0.15, 0.2) is 29.2 Å². The second-order valence-corrected chi connectivity index (χ2v) is 3.56. The van der Waals surface area contributed by atoms with Crippen LogP contribution in [-0.4, -0.2) is 12.3 Å². The zero-order valence-electron chi connectivity index (χ0n) is 6.21. The van der Waals surface area contributed by atoms with Crippen LogP contribution in [0.2, 0.25) is 0 Å². The van der Waals surface area contributed by atoms with E-state index in [1.54, 1.807) is 18.9 Å². The first-order chi connectivity index (χ1) is 5.36. The van der Waals surface area contributed by atoms with E-state index in [-0.39, 0.29) is 0 Å². The first-order valence-corrected chi connectivity index (χ1v) is 4.71. The zero-order chi connectivity index (χ0) is 8.10. The Morgan fingerprint density at radius 1 is 1.36 bits per heavy atom. The van der Waals surface area contributed by atoms with Crippen molar-refractivity contribution >= 4 is 23.4 Å². The lowest BCUT2D eigenvalue weighted by Gasteiger charge is -1.99. The fourth-order valence-electron chi connectivity index (χ4n) is 0.735. The van der Waals surface area contributed by atoms with Gasteiger partial charge in [0.1, 0.15) is 5.75 Å². The average molecular weight is 189 g/mol. The van der Waals surface area contributed by atoms with Crippen LogP contribution in [0.4, 0.5) is 0 Å². The lowest BCUT2D eigenvalue weighted by atomic mass is 10.3. The summed E-state index contributed by atoms with van der Waals surface area (Å²) in [5.41, 5.74) is 0. The van der Waals surface area contributed by atoms with Crippen molar-refractivity contribution in [1.82, 2.24) is 0 Å². The summed E-state index contributed by atoms with van der Waals surface area (Å²) in [4.78, 5) is 1.17. The molecule has 0 aliphatic rings. The SMILES string of the molecule is COc1ccc(SCCl)cc1. The number of ether oxygens (including phenoxy) is 1. The van der Waals surface area contributed by atoms with Crippen LogP contribution >= 0.6 is 23.4 Å². The second kappa shape index (κ2) is 4.52. The van der Waals surface area contributed by atoms with Crippen molar-refractivity contribution in [2.45, 2.75) is 4.90 Å². The van der Waals surface area contributed by atoms with Crippen LogP contribution in [-0.2, 0) is 0 Å². The molecule has 11 heavy (non-hydrogen) atoms. The molecule has 3 heteroatoms. The van der Waals surface area contributed by atoms with E-state index < -0.39 is 0 Å². The average Bonchev–Trinajstić information content (AvgIpc) is 2.07. The van der Waals surface area contributed by atoms with Gasteiger partial charge in [-0.1, -0.05) is 0 Å². The normalized spacial score (nSPS) is 9.64. The molecule has 60 valence electrons. The molecule has 0 fully saturated rings. The fraction of sp³-hybridized carbons (Fsp3) is 0.250. The summed E-state index contributed by atoms with van der Waals surface area (Å²) >= 11 is 7.15. The summed E-state index contributed by atoms with van der Waals surface area (Å²) < 4.78 is 5.01. The van der Waals surface area contributed by atoms with Crippen LogP contribution in [0.3, 0.4) is 0 Å². The lowest BCUT2D eigenvalue weighted by Crippen LogP contribution is -1.80. The smallest absolute Gasteiger partial charge is 0.118 e. The van der Waals surface area contributed by atoms with Gasteiger partial charge in [-0.3, -0.25) is 0 Å². The lowest BCUT2D eigenvalue weighted by molar-refractivity contribution is 0.414.